The van der Waals surface area contributed by atoms with E-state index in [0.717, 1.165) is 13.0 Å². The second-order valence-corrected chi connectivity index (χ2v) is 3.02. The van der Waals surface area contributed by atoms with Crippen LogP contribution in [0, 0.1) is 0 Å². The van der Waals surface area contributed by atoms with E-state index in [-0.39, 0.29) is 11.9 Å². The van der Waals surface area contributed by atoms with Gasteiger partial charge in [-0.3, -0.25) is 9.69 Å². The molecule has 1 heterocycles. The molecular formula is C7H14N2O. The van der Waals surface area contributed by atoms with Crippen molar-refractivity contribution in [3.8, 4) is 0 Å². The Morgan fingerprint density at radius 2 is 2.20 bits per heavy atom. The van der Waals surface area contributed by atoms with Gasteiger partial charge in [0, 0.05) is 20.6 Å². The lowest BCUT2D eigenvalue weighted by atomic mass is 10.0. The van der Waals surface area contributed by atoms with Crippen LogP contribution in [0.1, 0.15) is 6.42 Å². The first-order valence-corrected chi connectivity index (χ1v) is 3.54. The average molecular weight is 142 g/mol. The molecule has 0 aromatic carbocycles. The first-order valence-electron chi connectivity index (χ1n) is 3.54. The van der Waals surface area contributed by atoms with Crippen molar-refractivity contribution in [3.05, 3.63) is 0 Å². The number of amides is 1. The monoisotopic (exact) mass is 142 g/mol. The summed E-state index contributed by atoms with van der Waals surface area (Å²) in [5.41, 5.74) is 0. The third kappa shape index (κ3) is 1.14. The summed E-state index contributed by atoms with van der Waals surface area (Å²) in [6.45, 7) is 1.06. The van der Waals surface area contributed by atoms with Crippen LogP contribution in [0.3, 0.4) is 0 Å². The molecule has 0 saturated carbocycles. The lowest BCUT2D eigenvalue weighted by molar-refractivity contribution is -0.137. The fourth-order valence-corrected chi connectivity index (χ4v) is 1.13. The maximum atomic E-state index is 11.2. The highest BCUT2D eigenvalue weighted by Gasteiger charge is 2.31. The van der Waals surface area contributed by atoms with E-state index in [1.165, 1.54) is 0 Å². The van der Waals surface area contributed by atoms with Crippen LogP contribution < -0.4 is 0 Å². The number of rotatable bonds is 1. The molecule has 10 heavy (non-hydrogen) atoms. The van der Waals surface area contributed by atoms with Gasteiger partial charge in [-0.25, -0.2) is 0 Å². The first-order chi connectivity index (χ1) is 4.63. The fourth-order valence-electron chi connectivity index (χ4n) is 1.13. The number of likely N-dealkylation sites (tertiary alicyclic amines) is 1. The van der Waals surface area contributed by atoms with Gasteiger partial charge in [0.25, 0.3) is 0 Å². The average Bonchev–Trinajstić information content (AvgIpc) is 1.84. The second kappa shape index (κ2) is 2.58. The number of likely N-dealkylation sites (N-methyl/N-ethyl adjacent to an activating group) is 2. The van der Waals surface area contributed by atoms with Crippen LogP contribution in [0.15, 0.2) is 0 Å². The van der Waals surface area contributed by atoms with E-state index in [9.17, 15) is 4.79 Å². The number of carbonyl (C=O) groups excluding carboxylic acids is 1. The van der Waals surface area contributed by atoms with Crippen molar-refractivity contribution in [2.45, 2.75) is 12.5 Å². The van der Waals surface area contributed by atoms with Gasteiger partial charge in [0.2, 0.25) is 5.91 Å². The molecule has 0 N–H and O–H groups in total. The predicted octanol–water partition coefficient (Wildman–Crippen LogP) is -0.221. The molecule has 0 bridgehead atoms. The maximum Gasteiger partial charge on any atom is 0.239 e. The number of nitrogens with zero attached hydrogens (tertiary/aromatic N) is 2. The summed E-state index contributed by atoms with van der Waals surface area (Å²) in [6, 6.07) is 0.162. The first kappa shape index (κ1) is 7.54. The number of hydrogen-bond donors (Lipinski definition) is 0. The Morgan fingerprint density at radius 1 is 1.60 bits per heavy atom. The smallest absolute Gasteiger partial charge is 0.239 e. The molecule has 3 heteroatoms. The molecule has 1 aliphatic heterocycles. The van der Waals surface area contributed by atoms with Crippen LogP contribution in [0.4, 0.5) is 0 Å². The van der Waals surface area contributed by atoms with Gasteiger partial charge in [-0.2, -0.15) is 0 Å². The lowest BCUT2D eigenvalue weighted by Gasteiger charge is -2.37. The Bertz CT molecular complexity index is 145. The highest BCUT2D eigenvalue weighted by atomic mass is 16.2. The van der Waals surface area contributed by atoms with Crippen LogP contribution in [-0.2, 0) is 4.79 Å². The summed E-state index contributed by atoms with van der Waals surface area (Å²) in [4.78, 5) is 14.9. The fraction of sp³-hybridized carbons (Fsp3) is 0.857. The minimum absolute atomic E-state index is 0.162. The van der Waals surface area contributed by atoms with Gasteiger partial charge in [0.15, 0.2) is 0 Å². The summed E-state index contributed by atoms with van der Waals surface area (Å²) >= 11 is 0. The van der Waals surface area contributed by atoms with E-state index in [4.69, 9.17) is 0 Å². The van der Waals surface area contributed by atoms with E-state index < -0.39 is 0 Å². The normalized spacial score (nSPS) is 25.7. The van der Waals surface area contributed by atoms with Crippen molar-refractivity contribution in [2.24, 2.45) is 0 Å². The second-order valence-electron chi connectivity index (χ2n) is 3.02. The van der Waals surface area contributed by atoms with Crippen molar-refractivity contribution in [2.75, 3.05) is 27.7 Å². The quantitative estimate of drug-likeness (QED) is 0.505. The molecule has 0 unspecified atom stereocenters. The highest BCUT2D eigenvalue weighted by Crippen LogP contribution is 2.15. The van der Waals surface area contributed by atoms with E-state index in [1.807, 2.05) is 7.05 Å². The lowest BCUT2D eigenvalue weighted by Crippen LogP contribution is -2.53. The van der Waals surface area contributed by atoms with Crippen molar-refractivity contribution in [3.63, 3.8) is 0 Å². The Labute approximate surface area is 61.6 Å². The maximum absolute atomic E-state index is 11.2. The van der Waals surface area contributed by atoms with E-state index in [1.54, 1.807) is 19.0 Å². The third-order valence-corrected chi connectivity index (χ3v) is 2.01. The Kier molecular flexibility index (Phi) is 1.94. The number of carbonyl (C=O) groups is 1. The molecule has 1 atom stereocenters. The van der Waals surface area contributed by atoms with E-state index in [0.29, 0.717) is 0 Å². The standard InChI is InChI=1S/C7H14N2O/c1-8(2)7(10)6-4-5-9(6)3/h6H,4-5H2,1-3H3/t6-/m1/s1. The summed E-state index contributed by atoms with van der Waals surface area (Å²) in [7, 11) is 5.58. The molecule has 58 valence electrons. The van der Waals surface area contributed by atoms with Crippen molar-refractivity contribution < 1.29 is 4.79 Å². The zero-order valence-corrected chi connectivity index (χ0v) is 6.79. The minimum atomic E-state index is 0.162. The molecule has 1 amide bonds. The molecule has 0 radical (unpaired) electrons. The van der Waals surface area contributed by atoms with Crippen molar-refractivity contribution >= 4 is 5.91 Å². The Balaban J connectivity index is 2.42. The largest absolute Gasteiger partial charge is 0.347 e. The van der Waals surface area contributed by atoms with Crippen LogP contribution in [0.2, 0.25) is 0 Å². The summed E-state index contributed by atoms with van der Waals surface area (Å²) in [5.74, 6) is 0.230. The van der Waals surface area contributed by atoms with Gasteiger partial charge >= 0.3 is 0 Å². The van der Waals surface area contributed by atoms with E-state index in [2.05, 4.69) is 4.90 Å². The topological polar surface area (TPSA) is 23.6 Å². The molecule has 0 spiro atoms. The van der Waals surface area contributed by atoms with Crippen LogP contribution >= 0.6 is 0 Å². The molecule has 1 fully saturated rings. The summed E-state index contributed by atoms with van der Waals surface area (Å²) in [5, 5.41) is 0. The van der Waals surface area contributed by atoms with Crippen molar-refractivity contribution in [1.82, 2.24) is 9.80 Å². The summed E-state index contributed by atoms with van der Waals surface area (Å²) in [6.07, 6.45) is 1.02. The van der Waals surface area contributed by atoms with Crippen LogP contribution in [0.25, 0.3) is 0 Å². The van der Waals surface area contributed by atoms with Gasteiger partial charge in [0.05, 0.1) is 6.04 Å². The predicted molar refractivity (Wildman–Crippen MR) is 39.7 cm³/mol. The Hall–Kier alpha value is -0.570. The molecule has 0 aromatic rings. The van der Waals surface area contributed by atoms with Crippen LogP contribution in [0.5, 0.6) is 0 Å². The SMILES string of the molecule is CN(C)C(=O)[C@H]1CCN1C. The van der Waals surface area contributed by atoms with Gasteiger partial charge in [-0.15, -0.1) is 0 Å². The number of hydrogen-bond acceptors (Lipinski definition) is 2. The van der Waals surface area contributed by atoms with Crippen molar-refractivity contribution in [1.29, 1.82) is 0 Å². The minimum Gasteiger partial charge on any atom is -0.347 e. The highest BCUT2D eigenvalue weighted by molar-refractivity contribution is 5.82. The molecule has 3 nitrogen and oxygen atoms in total. The molecule has 1 saturated heterocycles. The third-order valence-electron chi connectivity index (χ3n) is 2.01. The molecule has 0 aliphatic carbocycles. The summed E-state index contributed by atoms with van der Waals surface area (Å²) < 4.78 is 0. The molecular weight excluding hydrogens is 128 g/mol. The molecule has 1 aliphatic rings. The van der Waals surface area contributed by atoms with Gasteiger partial charge in [-0.05, 0) is 13.5 Å². The van der Waals surface area contributed by atoms with Gasteiger partial charge in [0.1, 0.15) is 0 Å². The van der Waals surface area contributed by atoms with Gasteiger partial charge in [-0.1, -0.05) is 0 Å². The zero-order chi connectivity index (χ0) is 7.72. The Morgan fingerprint density at radius 3 is 2.30 bits per heavy atom. The molecule has 0 aromatic heterocycles. The van der Waals surface area contributed by atoms with E-state index >= 15 is 0 Å². The van der Waals surface area contributed by atoms with Gasteiger partial charge < -0.3 is 4.90 Å². The molecule has 1 rings (SSSR count). The van der Waals surface area contributed by atoms with Crippen LogP contribution in [-0.4, -0.2) is 49.4 Å². The zero-order valence-electron chi connectivity index (χ0n) is 6.79.